The zero-order valence-electron chi connectivity index (χ0n) is 15.5. The molecule has 9 nitrogen and oxygen atoms in total. The molecule has 0 spiro atoms. The van der Waals surface area contributed by atoms with Gasteiger partial charge in [0.25, 0.3) is 5.91 Å². The van der Waals surface area contributed by atoms with Gasteiger partial charge in [-0.25, -0.2) is 0 Å². The van der Waals surface area contributed by atoms with Gasteiger partial charge >= 0.3 is 11.9 Å². The smallest absolute Gasteiger partial charge is 0.345 e. The molecule has 0 atom stereocenters. The van der Waals surface area contributed by atoms with Crippen molar-refractivity contribution in [3.05, 3.63) is 56.9 Å². The number of aromatic nitrogens is 2. The minimum absolute atomic E-state index is 0.0511. The summed E-state index contributed by atoms with van der Waals surface area (Å²) in [4.78, 5) is 33.9. The second-order valence-corrected chi connectivity index (χ2v) is 6.21. The van der Waals surface area contributed by atoms with Crippen molar-refractivity contribution < 1.29 is 27.7 Å². The molecule has 12 heteroatoms. The van der Waals surface area contributed by atoms with E-state index in [4.69, 9.17) is 0 Å². The fraction of sp³-hybridized carbons (Fsp3) is 0.353. The number of amides is 2. The first-order chi connectivity index (χ1) is 13.5. The molecule has 29 heavy (non-hydrogen) atoms. The topological polar surface area (TPSA) is 119 Å². The first kappa shape index (κ1) is 21.9. The Labute approximate surface area is 163 Å². The summed E-state index contributed by atoms with van der Waals surface area (Å²) in [6, 6.07) is 6.17. The van der Waals surface area contributed by atoms with E-state index in [1.54, 1.807) is 31.3 Å². The van der Waals surface area contributed by atoms with E-state index in [9.17, 15) is 32.9 Å². The fourth-order valence-corrected chi connectivity index (χ4v) is 2.56. The Kier molecular flexibility index (Phi) is 6.56. The van der Waals surface area contributed by atoms with Crippen LogP contribution in [0.1, 0.15) is 27.3 Å². The lowest BCUT2D eigenvalue weighted by molar-refractivity contribution is -0.386. The molecule has 156 valence electrons. The highest BCUT2D eigenvalue weighted by atomic mass is 19.4. The Hall–Kier alpha value is -3.44. The molecule has 0 fully saturated rings. The van der Waals surface area contributed by atoms with Crippen LogP contribution in [0.4, 0.5) is 18.9 Å². The average molecular weight is 413 g/mol. The first-order valence-corrected chi connectivity index (χ1v) is 8.37. The number of carbonyl (C=O) groups excluding carboxylic acids is 2. The number of aryl methyl sites for hydroxylation is 1. The molecule has 0 radical (unpaired) electrons. The van der Waals surface area contributed by atoms with E-state index in [0.29, 0.717) is 11.4 Å². The quantitative estimate of drug-likeness (QED) is 0.531. The minimum atomic E-state index is -4.53. The number of hydrogen-bond acceptors (Lipinski definition) is 5. The predicted octanol–water partition coefficient (Wildman–Crippen LogP) is 1.86. The Morgan fingerprint density at radius 2 is 1.79 bits per heavy atom. The highest BCUT2D eigenvalue weighted by Gasteiger charge is 2.27. The SMILES string of the molecule is Cc1nn(Cc2ccc(C(=O)NCC(=O)NCC(F)(F)F)cc2)c(C)c1[N+](=O)[O-]. The van der Waals surface area contributed by atoms with Crippen molar-refractivity contribution in [3.63, 3.8) is 0 Å². The van der Waals surface area contributed by atoms with Crippen molar-refractivity contribution in [2.24, 2.45) is 0 Å². The number of hydrogen-bond donors (Lipinski definition) is 2. The van der Waals surface area contributed by atoms with Crippen LogP contribution in [-0.4, -0.2) is 45.8 Å². The van der Waals surface area contributed by atoms with Gasteiger partial charge in [0.15, 0.2) is 0 Å². The van der Waals surface area contributed by atoms with Crippen LogP contribution in [0.5, 0.6) is 0 Å². The molecule has 2 aromatic rings. The molecule has 0 unspecified atom stereocenters. The molecule has 2 rings (SSSR count). The summed E-state index contributed by atoms with van der Waals surface area (Å²) >= 11 is 0. The molecule has 0 aliphatic heterocycles. The summed E-state index contributed by atoms with van der Waals surface area (Å²) in [5.41, 5.74) is 1.58. The van der Waals surface area contributed by atoms with Crippen molar-refractivity contribution in [1.29, 1.82) is 0 Å². The number of halogens is 3. The molecule has 2 N–H and O–H groups in total. The largest absolute Gasteiger partial charge is 0.405 e. The Bertz CT molecular complexity index is 922. The van der Waals surface area contributed by atoms with Gasteiger partial charge in [0, 0.05) is 5.56 Å². The molecular weight excluding hydrogens is 395 g/mol. The van der Waals surface area contributed by atoms with Crippen molar-refractivity contribution in [1.82, 2.24) is 20.4 Å². The number of nitrogens with zero attached hydrogens (tertiary/aromatic N) is 3. The van der Waals surface area contributed by atoms with E-state index < -0.39 is 36.0 Å². The van der Waals surface area contributed by atoms with Gasteiger partial charge in [-0.2, -0.15) is 18.3 Å². The zero-order valence-corrected chi connectivity index (χ0v) is 15.5. The number of nitrogens with one attached hydrogen (secondary N) is 2. The minimum Gasteiger partial charge on any atom is -0.345 e. The second kappa shape index (κ2) is 8.71. The Balaban J connectivity index is 1.95. The van der Waals surface area contributed by atoms with Crippen molar-refractivity contribution in [2.75, 3.05) is 13.1 Å². The lowest BCUT2D eigenvalue weighted by atomic mass is 10.1. The lowest BCUT2D eigenvalue weighted by Crippen LogP contribution is -2.40. The molecule has 1 heterocycles. The van der Waals surface area contributed by atoms with Crippen LogP contribution in [0.3, 0.4) is 0 Å². The average Bonchev–Trinajstić information content (AvgIpc) is 2.91. The van der Waals surface area contributed by atoms with Crippen LogP contribution in [0.15, 0.2) is 24.3 Å². The van der Waals surface area contributed by atoms with E-state index >= 15 is 0 Å². The van der Waals surface area contributed by atoms with Crippen LogP contribution in [0, 0.1) is 24.0 Å². The van der Waals surface area contributed by atoms with Gasteiger partial charge in [0.05, 0.1) is 18.0 Å². The van der Waals surface area contributed by atoms with Gasteiger partial charge in [-0.15, -0.1) is 0 Å². The highest BCUT2D eigenvalue weighted by Crippen LogP contribution is 2.22. The van der Waals surface area contributed by atoms with Crippen LogP contribution < -0.4 is 10.6 Å². The Morgan fingerprint density at radius 3 is 2.31 bits per heavy atom. The standard InChI is InChI=1S/C17H18F3N5O4/c1-10-15(25(28)29)11(2)24(23-10)8-12-3-5-13(6-4-12)16(27)21-7-14(26)22-9-17(18,19)20/h3-6H,7-9H2,1-2H3,(H,21,27)(H,22,26). The zero-order chi connectivity index (χ0) is 21.8. The molecule has 0 saturated heterocycles. The molecule has 0 aliphatic carbocycles. The summed E-state index contributed by atoms with van der Waals surface area (Å²) < 4.78 is 37.5. The van der Waals surface area contributed by atoms with E-state index in [2.05, 4.69) is 10.4 Å². The highest BCUT2D eigenvalue weighted by molar-refractivity contribution is 5.96. The van der Waals surface area contributed by atoms with Crippen molar-refractivity contribution >= 4 is 17.5 Å². The van der Waals surface area contributed by atoms with Crippen LogP contribution in [0.2, 0.25) is 0 Å². The third-order valence-corrected chi connectivity index (χ3v) is 3.97. The molecule has 1 aromatic carbocycles. The molecular formula is C17H18F3N5O4. The molecule has 2 amide bonds. The van der Waals surface area contributed by atoms with Crippen LogP contribution in [0.25, 0.3) is 0 Å². The van der Waals surface area contributed by atoms with Crippen molar-refractivity contribution in [2.45, 2.75) is 26.6 Å². The molecule has 0 bridgehead atoms. The molecule has 0 saturated carbocycles. The van der Waals surface area contributed by atoms with Gasteiger partial charge < -0.3 is 10.6 Å². The van der Waals surface area contributed by atoms with E-state index in [-0.39, 0.29) is 17.8 Å². The van der Waals surface area contributed by atoms with Gasteiger partial charge in [-0.3, -0.25) is 24.4 Å². The van der Waals surface area contributed by atoms with E-state index in [0.717, 1.165) is 5.56 Å². The van der Waals surface area contributed by atoms with Crippen LogP contribution in [-0.2, 0) is 11.3 Å². The van der Waals surface area contributed by atoms with Crippen molar-refractivity contribution in [3.8, 4) is 0 Å². The molecule has 0 aliphatic rings. The van der Waals surface area contributed by atoms with E-state index in [1.807, 2.05) is 0 Å². The van der Waals surface area contributed by atoms with Crippen LogP contribution >= 0.6 is 0 Å². The normalized spacial score (nSPS) is 11.2. The molecule has 1 aromatic heterocycles. The predicted molar refractivity (Wildman–Crippen MR) is 95.3 cm³/mol. The van der Waals surface area contributed by atoms with Gasteiger partial charge in [-0.05, 0) is 31.5 Å². The van der Waals surface area contributed by atoms with Gasteiger partial charge in [-0.1, -0.05) is 12.1 Å². The summed E-state index contributed by atoms with van der Waals surface area (Å²) in [6.07, 6.45) is -4.53. The fourth-order valence-electron chi connectivity index (χ4n) is 2.56. The number of benzene rings is 1. The number of alkyl halides is 3. The van der Waals surface area contributed by atoms with Gasteiger partial charge in [0.1, 0.15) is 17.9 Å². The Morgan fingerprint density at radius 1 is 1.17 bits per heavy atom. The lowest BCUT2D eigenvalue weighted by Gasteiger charge is -2.09. The number of rotatable bonds is 7. The third-order valence-electron chi connectivity index (χ3n) is 3.97. The summed E-state index contributed by atoms with van der Waals surface area (Å²) in [7, 11) is 0. The summed E-state index contributed by atoms with van der Waals surface area (Å²) in [6.45, 7) is 1.32. The second-order valence-electron chi connectivity index (χ2n) is 6.21. The third kappa shape index (κ3) is 6.02. The number of nitro groups is 1. The monoisotopic (exact) mass is 413 g/mol. The van der Waals surface area contributed by atoms with E-state index in [1.165, 1.54) is 16.8 Å². The summed E-state index contributed by atoms with van der Waals surface area (Å²) in [5, 5.41) is 19.1. The van der Waals surface area contributed by atoms with Gasteiger partial charge in [0.2, 0.25) is 5.91 Å². The maximum Gasteiger partial charge on any atom is 0.405 e. The summed E-state index contributed by atoms with van der Waals surface area (Å²) in [5.74, 6) is -1.58. The maximum absolute atomic E-state index is 12.0. The maximum atomic E-state index is 12.0. The number of carbonyl (C=O) groups is 2. The first-order valence-electron chi connectivity index (χ1n) is 8.37.